The third-order valence-electron chi connectivity index (χ3n) is 9.26. The molecule has 4 N–H and O–H groups in total. The summed E-state index contributed by atoms with van der Waals surface area (Å²) in [6.45, 7) is 11.5. The highest BCUT2D eigenvalue weighted by atomic mass is 16.5. The second kappa shape index (κ2) is 6.28. The van der Waals surface area contributed by atoms with Gasteiger partial charge in [0.2, 0.25) is 0 Å². The summed E-state index contributed by atoms with van der Waals surface area (Å²) in [5.41, 5.74) is -3.26. The minimum atomic E-state index is -1.52. The molecule has 0 aromatic heterocycles. The molecule has 6 heteroatoms. The van der Waals surface area contributed by atoms with Crippen molar-refractivity contribution in [1.29, 1.82) is 0 Å². The van der Waals surface area contributed by atoms with Crippen molar-refractivity contribution in [3.8, 4) is 0 Å². The Morgan fingerprint density at radius 3 is 2.41 bits per heavy atom. The fourth-order valence-electron chi connectivity index (χ4n) is 7.62. The molecule has 6 nitrogen and oxygen atoms in total. The SMILES string of the molecule is C=C1[C@@H]2CC[C@@H]3[C@@H](OC(=O)CC)[C@@]2(C[C@H](O)[C@@]2(O)[C@H]1C[C@H](O)C2(C)C)C[C@@]3(C)O. The molecule has 2 bridgehead atoms. The molecule has 4 rings (SSSR count). The smallest absolute Gasteiger partial charge is 0.305 e. The van der Waals surface area contributed by atoms with Gasteiger partial charge in [0, 0.05) is 29.1 Å². The van der Waals surface area contributed by atoms with Crippen LogP contribution in [0.1, 0.15) is 66.2 Å². The molecule has 0 radical (unpaired) electrons. The van der Waals surface area contributed by atoms with Crippen LogP contribution < -0.4 is 0 Å². The van der Waals surface area contributed by atoms with Crippen LogP contribution >= 0.6 is 0 Å². The molecule has 0 aliphatic heterocycles. The lowest BCUT2D eigenvalue weighted by molar-refractivity contribution is -0.182. The van der Waals surface area contributed by atoms with E-state index in [1.54, 1.807) is 27.7 Å². The molecule has 0 saturated heterocycles. The van der Waals surface area contributed by atoms with Crippen molar-refractivity contribution < 1.29 is 30.0 Å². The highest BCUT2D eigenvalue weighted by molar-refractivity contribution is 5.69. The van der Waals surface area contributed by atoms with Crippen LogP contribution in [0.25, 0.3) is 0 Å². The van der Waals surface area contributed by atoms with Crippen molar-refractivity contribution in [2.75, 3.05) is 0 Å². The lowest BCUT2D eigenvalue weighted by atomic mass is 9.61. The average molecular weight is 409 g/mol. The monoisotopic (exact) mass is 408 g/mol. The zero-order valence-electron chi connectivity index (χ0n) is 18.0. The molecule has 1 spiro atoms. The van der Waals surface area contributed by atoms with E-state index in [9.17, 15) is 25.2 Å². The maximum Gasteiger partial charge on any atom is 0.305 e. The largest absolute Gasteiger partial charge is 0.461 e. The van der Waals surface area contributed by atoms with Crippen LogP contribution in [0.4, 0.5) is 0 Å². The molecule has 0 unspecified atom stereocenters. The van der Waals surface area contributed by atoms with E-state index in [2.05, 4.69) is 6.58 Å². The number of rotatable bonds is 2. The normalized spacial score (nSPS) is 53.2. The molecular weight excluding hydrogens is 372 g/mol. The number of carbonyl (C=O) groups excluding carboxylic acids is 1. The summed E-state index contributed by atoms with van der Waals surface area (Å²) in [7, 11) is 0. The summed E-state index contributed by atoms with van der Waals surface area (Å²) in [5.74, 6) is -1.02. The van der Waals surface area contributed by atoms with Gasteiger partial charge in [0.25, 0.3) is 0 Å². The van der Waals surface area contributed by atoms with Crippen LogP contribution in [0.15, 0.2) is 12.2 Å². The highest BCUT2D eigenvalue weighted by Gasteiger charge is 2.73. The van der Waals surface area contributed by atoms with Gasteiger partial charge in [-0.1, -0.05) is 32.9 Å². The molecule has 4 saturated carbocycles. The molecule has 0 aromatic rings. The van der Waals surface area contributed by atoms with Crippen LogP contribution in [0.5, 0.6) is 0 Å². The first-order valence-electron chi connectivity index (χ1n) is 11.0. The molecule has 164 valence electrons. The van der Waals surface area contributed by atoms with E-state index in [1.165, 1.54) is 0 Å². The van der Waals surface area contributed by atoms with E-state index in [0.29, 0.717) is 19.3 Å². The highest BCUT2D eigenvalue weighted by Crippen LogP contribution is 2.69. The summed E-state index contributed by atoms with van der Waals surface area (Å²) in [4.78, 5) is 12.3. The van der Waals surface area contributed by atoms with Crippen molar-refractivity contribution in [2.24, 2.45) is 28.6 Å². The Morgan fingerprint density at radius 1 is 1.14 bits per heavy atom. The van der Waals surface area contributed by atoms with E-state index >= 15 is 0 Å². The van der Waals surface area contributed by atoms with E-state index in [4.69, 9.17) is 4.74 Å². The molecular formula is C23H36O6. The first kappa shape index (κ1) is 21.3. The van der Waals surface area contributed by atoms with Gasteiger partial charge in [-0.25, -0.2) is 0 Å². The van der Waals surface area contributed by atoms with Gasteiger partial charge in [0.15, 0.2) is 0 Å². The Hall–Kier alpha value is -0.950. The second-order valence-electron chi connectivity index (χ2n) is 10.9. The van der Waals surface area contributed by atoms with Crippen LogP contribution in [0.3, 0.4) is 0 Å². The van der Waals surface area contributed by atoms with E-state index in [0.717, 1.165) is 12.0 Å². The maximum absolute atomic E-state index is 12.3. The Labute approximate surface area is 173 Å². The minimum absolute atomic E-state index is 0.0860. The van der Waals surface area contributed by atoms with Crippen molar-refractivity contribution in [2.45, 2.75) is 95.7 Å². The van der Waals surface area contributed by atoms with Crippen LogP contribution in [0, 0.1) is 28.6 Å². The molecule has 29 heavy (non-hydrogen) atoms. The zero-order valence-corrected chi connectivity index (χ0v) is 18.0. The van der Waals surface area contributed by atoms with Crippen molar-refractivity contribution >= 4 is 5.97 Å². The first-order valence-corrected chi connectivity index (χ1v) is 11.0. The van der Waals surface area contributed by atoms with Crippen LogP contribution in [-0.2, 0) is 9.53 Å². The third kappa shape index (κ3) is 2.52. The summed E-state index contributed by atoms with van der Waals surface area (Å²) < 4.78 is 5.92. The maximum atomic E-state index is 12.3. The summed E-state index contributed by atoms with van der Waals surface area (Å²) in [5, 5.41) is 45.1. The second-order valence-corrected chi connectivity index (χ2v) is 10.9. The van der Waals surface area contributed by atoms with Gasteiger partial charge in [-0.3, -0.25) is 4.79 Å². The van der Waals surface area contributed by atoms with E-state index in [-0.39, 0.29) is 30.6 Å². The number of hydrogen-bond donors (Lipinski definition) is 4. The molecule has 4 fully saturated rings. The van der Waals surface area contributed by atoms with Gasteiger partial charge in [-0.05, 0) is 44.9 Å². The number of ether oxygens (including phenoxy) is 1. The Morgan fingerprint density at radius 2 is 1.79 bits per heavy atom. The van der Waals surface area contributed by atoms with Crippen molar-refractivity contribution in [1.82, 2.24) is 0 Å². The van der Waals surface area contributed by atoms with Gasteiger partial charge in [-0.2, -0.15) is 0 Å². The number of carbonyl (C=O) groups is 1. The molecule has 4 aliphatic rings. The lowest BCUT2D eigenvalue weighted by Crippen LogP contribution is -2.57. The average Bonchev–Trinajstić information content (AvgIpc) is 2.86. The molecule has 0 aromatic carbocycles. The Balaban J connectivity index is 1.84. The predicted molar refractivity (Wildman–Crippen MR) is 107 cm³/mol. The summed E-state index contributed by atoms with van der Waals surface area (Å²) in [6, 6.07) is 0. The lowest BCUT2D eigenvalue weighted by Gasteiger charge is -2.47. The van der Waals surface area contributed by atoms with Gasteiger partial charge in [0.05, 0.1) is 17.8 Å². The van der Waals surface area contributed by atoms with Gasteiger partial charge in [-0.15, -0.1) is 0 Å². The first-order chi connectivity index (χ1) is 13.3. The fraction of sp³-hybridized carbons (Fsp3) is 0.870. The number of aliphatic hydroxyl groups is 4. The van der Waals surface area contributed by atoms with Crippen LogP contribution in [-0.4, -0.2) is 55.9 Å². The van der Waals surface area contributed by atoms with Crippen molar-refractivity contribution in [3.63, 3.8) is 0 Å². The predicted octanol–water partition coefficient (Wildman–Crippen LogP) is 1.93. The van der Waals surface area contributed by atoms with Gasteiger partial charge < -0.3 is 25.2 Å². The minimum Gasteiger partial charge on any atom is -0.461 e. The van der Waals surface area contributed by atoms with Gasteiger partial charge in [0.1, 0.15) is 11.7 Å². The number of fused-ring (bicyclic) bond motifs is 2. The third-order valence-corrected chi connectivity index (χ3v) is 9.26. The van der Waals surface area contributed by atoms with Crippen LogP contribution in [0.2, 0.25) is 0 Å². The topological polar surface area (TPSA) is 107 Å². The number of aliphatic hydroxyl groups excluding tert-OH is 2. The van der Waals surface area contributed by atoms with E-state index in [1.807, 2.05) is 0 Å². The summed E-state index contributed by atoms with van der Waals surface area (Å²) >= 11 is 0. The number of hydrogen-bond acceptors (Lipinski definition) is 6. The molecule has 4 aliphatic carbocycles. The molecule has 0 heterocycles. The summed E-state index contributed by atoms with van der Waals surface area (Å²) in [6.07, 6.45) is 0.333. The quantitative estimate of drug-likeness (QED) is 0.411. The number of esters is 1. The zero-order chi connectivity index (χ0) is 21.6. The molecule has 0 amide bonds. The standard InChI is InChI=1S/C23H36O6/c1-6-18(26)29-19-14-8-7-13-12(2)15-9-16(24)20(3,4)23(15,28)17(25)10-22(13,19)11-21(14,5)27/h13-17,19,24-25,27-28H,2,6-11H2,1,3-5H3/t13-,14+,15-,16-,17-,19+,21+,22-,23-/m0/s1. The Bertz CT molecular complexity index is 729. The fourth-order valence-corrected chi connectivity index (χ4v) is 7.62. The molecule has 9 atom stereocenters. The Kier molecular flexibility index (Phi) is 4.61. The van der Waals surface area contributed by atoms with Crippen molar-refractivity contribution in [3.05, 3.63) is 12.2 Å². The van der Waals surface area contributed by atoms with E-state index < -0.39 is 46.3 Å². The van der Waals surface area contributed by atoms with Gasteiger partial charge >= 0.3 is 5.97 Å².